The van der Waals surface area contributed by atoms with Gasteiger partial charge < -0.3 is 4.74 Å². The van der Waals surface area contributed by atoms with E-state index in [9.17, 15) is 8.42 Å². The van der Waals surface area contributed by atoms with Gasteiger partial charge in [-0.1, -0.05) is 24.3 Å². The van der Waals surface area contributed by atoms with Crippen molar-refractivity contribution in [2.24, 2.45) is 0 Å². The highest BCUT2D eigenvalue weighted by atomic mass is 32.2. The maximum absolute atomic E-state index is 12.6. The first kappa shape index (κ1) is 18.4. The Kier molecular flexibility index (Phi) is 5.54. The molecule has 2 aromatic carbocycles. The number of para-hydroxylation sites is 1. The molecule has 0 bridgehead atoms. The fourth-order valence-corrected chi connectivity index (χ4v) is 3.96. The molecule has 0 fully saturated rings. The molecule has 1 heterocycles. The summed E-state index contributed by atoms with van der Waals surface area (Å²) in [6.07, 6.45) is 2.25. The molecular formula is C20H22N2O3S. The lowest BCUT2D eigenvalue weighted by molar-refractivity contribution is 0.311. The maximum atomic E-state index is 12.6. The van der Waals surface area contributed by atoms with Crippen LogP contribution in [0.5, 0.6) is 5.75 Å². The van der Waals surface area contributed by atoms with Crippen molar-refractivity contribution in [2.45, 2.75) is 25.2 Å². The third-order valence-electron chi connectivity index (χ3n) is 3.97. The predicted octanol–water partition coefficient (Wildman–Crippen LogP) is 3.60. The van der Waals surface area contributed by atoms with Crippen LogP contribution in [0, 0.1) is 13.8 Å². The number of sulfonamides is 1. The van der Waals surface area contributed by atoms with Crippen molar-refractivity contribution < 1.29 is 13.2 Å². The molecular weight excluding hydrogens is 348 g/mol. The van der Waals surface area contributed by atoms with Crippen LogP contribution in [0.15, 0.2) is 59.6 Å². The summed E-state index contributed by atoms with van der Waals surface area (Å²) in [6.45, 7) is 4.68. The van der Waals surface area contributed by atoms with Gasteiger partial charge in [0.2, 0.25) is 10.0 Å². The molecule has 0 atom stereocenters. The fraction of sp³-hybridized carbons (Fsp3) is 0.250. The molecule has 0 radical (unpaired) electrons. The van der Waals surface area contributed by atoms with Crippen LogP contribution in [0.25, 0.3) is 10.9 Å². The average Bonchev–Trinajstić information content (AvgIpc) is 2.60. The van der Waals surface area contributed by atoms with Crippen molar-refractivity contribution in [2.75, 3.05) is 13.2 Å². The van der Waals surface area contributed by atoms with Gasteiger partial charge in [-0.2, -0.15) is 0 Å². The molecule has 136 valence electrons. The van der Waals surface area contributed by atoms with Gasteiger partial charge in [0.15, 0.2) is 0 Å². The Balaban J connectivity index is 1.61. The molecule has 0 aliphatic heterocycles. The SMILES string of the molecule is Cc1cccc(OCCCNS(=O)(=O)c2cccc3cc(C)cnc23)c1. The lowest BCUT2D eigenvalue weighted by atomic mass is 10.2. The monoisotopic (exact) mass is 370 g/mol. The minimum atomic E-state index is -3.62. The van der Waals surface area contributed by atoms with Gasteiger partial charge in [0.1, 0.15) is 10.6 Å². The largest absolute Gasteiger partial charge is 0.494 e. The third-order valence-corrected chi connectivity index (χ3v) is 5.46. The first-order chi connectivity index (χ1) is 12.5. The van der Waals surface area contributed by atoms with E-state index in [2.05, 4.69) is 9.71 Å². The highest BCUT2D eigenvalue weighted by molar-refractivity contribution is 7.89. The van der Waals surface area contributed by atoms with Crippen LogP contribution in [-0.4, -0.2) is 26.6 Å². The smallest absolute Gasteiger partial charge is 0.242 e. The Morgan fingerprint density at radius 1 is 1.04 bits per heavy atom. The van der Waals surface area contributed by atoms with E-state index < -0.39 is 10.0 Å². The van der Waals surface area contributed by atoms with Gasteiger partial charge in [0, 0.05) is 18.1 Å². The van der Waals surface area contributed by atoms with Gasteiger partial charge in [-0.05, 0) is 55.7 Å². The molecule has 0 aliphatic rings. The molecule has 5 nitrogen and oxygen atoms in total. The lowest BCUT2D eigenvalue weighted by Gasteiger charge is -2.10. The number of fused-ring (bicyclic) bond motifs is 1. The van der Waals surface area contributed by atoms with Gasteiger partial charge in [-0.25, -0.2) is 13.1 Å². The lowest BCUT2D eigenvalue weighted by Crippen LogP contribution is -2.26. The van der Waals surface area contributed by atoms with Crippen molar-refractivity contribution >= 4 is 20.9 Å². The van der Waals surface area contributed by atoms with E-state index in [4.69, 9.17) is 4.74 Å². The second-order valence-corrected chi connectivity index (χ2v) is 7.99. The zero-order valence-electron chi connectivity index (χ0n) is 14.9. The quantitative estimate of drug-likeness (QED) is 0.645. The number of rotatable bonds is 7. The zero-order chi connectivity index (χ0) is 18.6. The van der Waals surface area contributed by atoms with Crippen LogP contribution in [0.2, 0.25) is 0 Å². The molecule has 6 heteroatoms. The number of aromatic nitrogens is 1. The van der Waals surface area contributed by atoms with E-state index in [1.54, 1.807) is 18.3 Å². The van der Waals surface area contributed by atoms with Gasteiger partial charge >= 0.3 is 0 Å². The van der Waals surface area contributed by atoms with E-state index in [0.29, 0.717) is 25.1 Å². The topological polar surface area (TPSA) is 68.3 Å². The first-order valence-electron chi connectivity index (χ1n) is 8.50. The van der Waals surface area contributed by atoms with Crippen molar-refractivity contribution in [3.05, 3.63) is 65.9 Å². The Morgan fingerprint density at radius 2 is 1.85 bits per heavy atom. The third kappa shape index (κ3) is 4.39. The Labute approximate surface area is 154 Å². The molecule has 0 unspecified atom stereocenters. The number of pyridine rings is 1. The first-order valence-corrected chi connectivity index (χ1v) is 9.98. The summed E-state index contributed by atoms with van der Waals surface area (Å²) in [5, 5.41) is 0.815. The van der Waals surface area contributed by atoms with Crippen LogP contribution in [0.3, 0.4) is 0 Å². The standard InChI is InChI=1S/C20H22N2O3S/c1-15-6-3-8-18(13-15)25-11-5-10-22-26(23,24)19-9-4-7-17-12-16(2)14-21-20(17)19/h3-4,6-9,12-14,22H,5,10-11H2,1-2H3. The van der Waals surface area contributed by atoms with E-state index >= 15 is 0 Å². The zero-order valence-corrected chi connectivity index (χ0v) is 15.7. The fourth-order valence-electron chi connectivity index (χ4n) is 2.71. The number of nitrogens with zero attached hydrogens (tertiary/aromatic N) is 1. The summed E-state index contributed by atoms with van der Waals surface area (Å²) in [5.41, 5.74) is 2.61. The van der Waals surface area contributed by atoms with Crippen LogP contribution >= 0.6 is 0 Å². The van der Waals surface area contributed by atoms with E-state index in [1.165, 1.54) is 0 Å². The maximum Gasteiger partial charge on any atom is 0.242 e. The molecule has 3 rings (SSSR count). The summed E-state index contributed by atoms with van der Waals surface area (Å²) in [7, 11) is -3.62. The normalized spacial score (nSPS) is 11.6. The Hall–Kier alpha value is -2.44. The molecule has 0 spiro atoms. The molecule has 0 amide bonds. The number of nitrogens with one attached hydrogen (secondary N) is 1. The molecule has 26 heavy (non-hydrogen) atoms. The van der Waals surface area contributed by atoms with E-state index in [1.807, 2.05) is 50.2 Å². The predicted molar refractivity (Wildman–Crippen MR) is 103 cm³/mol. The van der Waals surface area contributed by atoms with Crippen molar-refractivity contribution in [3.8, 4) is 5.75 Å². The van der Waals surface area contributed by atoms with Crippen molar-refractivity contribution in [1.82, 2.24) is 9.71 Å². The van der Waals surface area contributed by atoms with Crippen LogP contribution < -0.4 is 9.46 Å². The number of hydrogen-bond donors (Lipinski definition) is 1. The Bertz CT molecular complexity index is 1020. The molecule has 0 saturated heterocycles. The molecule has 0 saturated carbocycles. The molecule has 3 aromatic rings. The minimum Gasteiger partial charge on any atom is -0.494 e. The number of ether oxygens (including phenoxy) is 1. The van der Waals surface area contributed by atoms with Crippen LogP contribution in [0.1, 0.15) is 17.5 Å². The molecule has 0 aliphatic carbocycles. The highest BCUT2D eigenvalue weighted by Crippen LogP contribution is 2.21. The highest BCUT2D eigenvalue weighted by Gasteiger charge is 2.17. The van der Waals surface area contributed by atoms with Crippen LogP contribution in [-0.2, 0) is 10.0 Å². The number of hydrogen-bond acceptors (Lipinski definition) is 4. The van der Waals surface area contributed by atoms with Crippen LogP contribution in [0.4, 0.5) is 0 Å². The second kappa shape index (κ2) is 7.85. The Morgan fingerprint density at radius 3 is 2.65 bits per heavy atom. The minimum absolute atomic E-state index is 0.203. The van der Waals surface area contributed by atoms with Gasteiger partial charge in [-0.15, -0.1) is 0 Å². The van der Waals surface area contributed by atoms with E-state index in [-0.39, 0.29) is 4.90 Å². The van der Waals surface area contributed by atoms with Gasteiger partial charge in [0.25, 0.3) is 0 Å². The number of benzene rings is 2. The average molecular weight is 370 g/mol. The molecule has 1 N–H and O–H groups in total. The second-order valence-electron chi connectivity index (χ2n) is 6.26. The number of aryl methyl sites for hydroxylation is 2. The van der Waals surface area contributed by atoms with Crippen molar-refractivity contribution in [3.63, 3.8) is 0 Å². The summed E-state index contributed by atoms with van der Waals surface area (Å²) < 4.78 is 33.5. The van der Waals surface area contributed by atoms with Crippen molar-refractivity contribution in [1.29, 1.82) is 0 Å². The van der Waals surface area contributed by atoms with Gasteiger partial charge in [-0.3, -0.25) is 4.98 Å². The van der Waals surface area contributed by atoms with E-state index in [0.717, 1.165) is 22.3 Å². The molecule has 1 aromatic heterocycles. The summed E-state index contributed by atoms with van der Waals surface area (Å²) >= 11 is 0. The van der Waals surface area contributed by atoms with Gasteiger partial charge in [0.05, 0.1) is 12.1 Å². The summed E-state index contributed by atoms with van der Waals surface area (Å²) in [5.74, 6) is 0.793. The summed E-state index contributed by atoms with van der Waals surface area (Å²) in [6, 6.07) is 14.9. The summed E-state index contributed by atoms with van der Waals surface area (Å²) in [4.78, 5) is 4.50.